The molecule has 0 bridgehead atoms. The molecular weight excluding hydrogens is 294 g/mol. The van der Waals surface area contributed by atoms with E-state index < -0.39 is 11.6 Å². The predicted molar refractivity (Wildman–Crippen MR) is 79.4 cm³/mol. The topological polar surface area (TPSA) is 42.0 Å². The smallest absolute Gasteiger partial charge is 0.263 e. The first-order chi connectivity index (χ1) is 9.93. The van der Waals surface area contributed by atoms with Gasteiger partial charge in [-0.25, -0.2) is 13.8 Å². The largest absolute Gasteiger partial charge is 0.349 e. The number of carbonyl (C=O) groups is 1. The number of carbonyl (C=O) groups excluding carboxylic acids is 1. The van der Waals surface area contributed by atoms with Crippen LogP contribution in [0.1, 0.15) is 35.6 Å². The lowest BCUT2D eigenvalue weighted by Gasteiger charge is -2.10. The molecule has 0 fully saturated rings. The summed E-state index contributed by atoms with van der Waals surface area (Å²) in [4.78, 5) is 16.6. The number of amides is 1. The van der Waals surface area contributed by atoms with Gasteiger partial charge < -0.3 is 5.32 Å². The maximum atomic E-state index is 13.8. The van der Waals surface area contributed by atoms with E-state index in [-0.39, 0.29) is 22.5 Å². The summed E-state index contributed by atoms with van der Waals surface area (Å²) in [6, 6.07) is 3.68. The molecule has 0 saturated heterocycles. The summed E-state index contributed by atoms with van der Waals surface area (Å²) >= 11 is 0.998. The molecule has 1 atom stereocenters. The zero-order chi connectivity index (χ0) is 15.6. The molecule has 0 aliphatic carbocycles. The van der Waals surface area contributed by atoms with Gasteiger partial charge in [0.05, 0.1) is 11.3 Å². The summed E-state index contributed by atoms with van der Waals surface area (Å²) < 4.78 is 27.5. The molecule has 1 unspecified atom stereocenters. The van der Waals surface area contributed by atoms with Crippen molar-refractivity contribution in [2.24, 2.45) is 0 Å². The lowest BCUT2D eigenvalue weighted by molar-refractivity contribution is 0.0942. The maximum Gasteiger partial charge on any atom is 0.263 e. The fourth-order valence-corrected chi connectivity index (χ4v) is 2.83. The Morgan fingerprint density at radius 2 is 2.00 bits per heavy atom. The summed E-state index contributed by atoms with van der Waals surface area (Å²) in [6.07, 6.45) is 0.804. The number of thiazole rings is 1. The van der Waals surface area contributed by atoms with E-state index in [1.54, 1.807) is 6.92 Å². The fraction of sp³-hybridized carbons (Fsp3) is 0.333. The van der Waals surface area contributed by atoms with Crippen LogP contribution in [0, 0.1) is 18.6 Å². The minimum Gasteiger partial charge on any atom is -0.349 e. The van der Waals surface area contributed by atoms with Gasteiger partial charge in [0.25, 0.3) is 5.91 Å². The number of nitrogens with one attached hydrogen (secondary N) is 1. The Labute approximate surface area is 126 Å². The Morgan fingerprint density at radius 3 is 2.57 bits per heavy atom. The molecule has 1 aromatic carbocycles. The van der Waals surface area contributed by atoms with Crippen molar-refractivity contribution in [1.29, 1.82) is 0 Å². The second-order valence-corrected chi connectivity index (χ2v) is 5.81. The maximum absolute atomic E-state index is 13.8. The summed E-state index contributed by atoms with van der Waals surface area (Å²) in [5.74, 6) is -1.63. The van der Waals surface area contributed by atoms with E-state index in [2.05, 4.69) is 10.3 Å². The quantitative estimate of drug-likeness (QED) is 0.930. The minimum absolute atomic E-state index is 0.0349. The van der Waals surface area contributed by atoms with Crippen molar-refractivity contribution >= 4 is 17.2 Å². The monoisotopic (exact) mass is 310 g/mol. The second kappa shape index (κ2) is 6.30. The predicted octanol–water partition coefficient (Wildman–Crippen LogP) is 3.93. The van der Waals surface area contributed by atoms with Gasteiger partial charge in [-0.3, -0.25) is 4.79 Å². The van der Waals surface area contributed by atoms with Gasteiger partial charge in [0, 0.05) is 6.04 Å². The van der Waals surface area contributed by atoms with Crippen LogP contribution in [-0.2, 0) is 0 Å². The fourth-order valence-electron chi connectivity index (χ4n) is 1.81. The van der Waals surface area contributed by atoms with Gasteiger partial charge in [-0.1, -0.05) is 13.0 Å². The van der Waals surface area contributed by atoms with Crippen LogP contribution in [0.5, 0.6) is 0 Å². The summed E-state index contributed by atoms with van der Waals surface area (Å²) in [5.41, 5.74) is 0.284. The number of benzene rings is 1. The summed E-state index contributed by atoms with van der Waals surface area (Å²) in [7, 11) is 0. The molecule has 0 aliphatic rings. The van der Waals surface area contributed by atoms with E-state index in [0.717, 1.165) is 17.8 Å². The first-order valence-electron chi connectivity index (χ1n) is 6.66. The highest BCUT2D eigenvalue weighted by molar-refractivity contribution is 7.17. The molecule has 112 valence electrons. The molecular formula is C15H16F2N2OS. The highest BCUT2D eigenvalue weighted by atomic mass is 32.1. The van der Waals surface area contributed by atoms with Gasteiger partial charge in [0.1, 0.15) is 21.5 Å². The van der Waals surface area contributed by atoms with Crippen molar-refractivity contribution in [2.75, 3.05) is 0 Å². The lowest BCUT2D eigenvalue weighted by Crippen LogP contribution is -2.31. The lowest BCUT2D eigenvalue weighted by atomic mass is 10.2. The van der Waals surface area contributed by atoms with Crippen molar-refractivity contribution in [2.45, 2.75) is 33.2 Å². The van der Waals surface area contributed by atoms with E-state index in [1.807, 2.05) is 13.8 Å². The number of nitrogens with zero attached hydrogens (tertiary/aromatic N) is 1. The first kappa shape index (κ1) is 15.6. The van der Waals surface area contributed by atoms with Crippen LogP contribution >= 0.6 is 11.3 Å². The van der Waals surface area contributed by atoms with E-state index in [4.69, 9.17) is 0 Å². The van der Waals surface area contributed by atoms with Crippen LogP contribution < -0.4 is 5.32 Å². The number of aryl methyl sites for hydroxylation is 1. The number of halogens is 2. The molecule has 1 N–H and O–H groups in total. The van der Waals surface area contributed by atoms with Crippen molar-refractivity contribution in [3.05, 3.63) is 40.4 Å². The third kappa shape index (κ3) is 3.26. The van der Waals surface area contributed by atoms with Gasteiger partial charge in [0.15, 0.2) is 0 Å². The van der Waals surface area contributed by atoms with E-state index in [9.17, 15) is 13.6 Å². The third-order valence-electron chi connectivity index (χ3n) is 3.17. The van der Waals surface area contributed by atoms with E-state index in [0.29, 0.717) is 10.6 Å². The standard InChI is InChI=1S/C15H16F2N2OS/c1-4-8(2)18-14(20)13-9(3)19-15(21-13)12-10(16)6-5-7-11(12)17/h5-8H,4H2,1-3H3,(H,18,20). The normalized spacial score (nSPS) is 12.2. The summed E-state index contributed by atoms with van der Waals surface area (Å²) in [6.45, 7) is 5.51. The Kier molecular flexibility index (Phi) is 4.67. The van der Waals surface area contributed by atoms with Gasteiger partial charge in [-0.2, -0.15) is 0 Å². The third-order valence-corrected chi connectivity index (χ3v) is 4.34. The van der Waals surface area contributed by atoms with Crippen LogP contribution in [0.4, 0.5) is 8.78 Å². The van der Waals surface area contributed by atoms with Gasteiger partial charge >= 0.3 is 0 Å². The molecule has 2 rings (SSSR count). The molecule has 21 heavy (non-hydrogen) atoms. The molecule has 1 amide bonds. The van der Waals surface area contributed by atoms with E-state index in [1.165, 1.54) is 18.2 Å². The summed E-state index contributed by atoms with van der Waals surface area (Å²) in [5, 5.41) is 3.00. The number of rotatable bonds is 4. The Balaban J connectivity index is 2.38. The van der Waals surface area contributed by atoms with Crippen molar-refractivity contribution in [1.82, 2.24) is 10.3 Å². The van der Waals surface area contributed by atoms with Crippen LogP contribution in [0.25, 0.3) is 10.6 Å². The Morgan fingerprint density at radius 1 is 1.38 bits per heavy atom. The average Bonchev–Trinajstić information content (AvgIpc) is 2.80. The molecule has 3 nitrogen and oxygen atoms in total. The second-order valence-electron chi connectivity index (χ2n) is 4.81. The molecule has 1 heterocycles. The molecule has 0 radical (unpaired) electrons. The molecule has 6 heteroatoms. The number of hydrogen-bond donors (Lipinski definition) is 1. The van der Waals surface area contributed by atoms with Gasteiger partial charge in [-0.15, -0.1) is 11.3 Å². The highest BCUT2D eigenvalue weighted by Crippen LogP contribution is 2.31. The van der Waals surface area contributed by atoms with E-state index >= 15 is 0 Å². The number of hydrogen-bond acceptors (Lipinski definition) is 3. The first-order valence-corrected chi connectivity index (χ1v) is 7.48. The number of aromatic nitrogens is 1. The van der Waals surface area contributed by atoms with Crippen LogP contribution in [0.3, 0.4) is 0 Å². The zero-order valence-electron chi connectivity index (χ0n) is 12.0. The Bertz CT molecular complexity index is 649. The molecule has 1 aromatic heterocycles. The van der Waals surface area contributed by atoms with Gasteiger partial charge in [0.2, 0.25) is 0 Å². The molecule has 0 saturated carbocycles. The average molecular weight is 310 g/mol. The highest BCUT2D eigenvalue weighted by Gasteiger charge is 2.21. The van der Waals surface area contributed by atoms with Crippen molar-refractivity contribution in [3.63, 3.8) is 0 Å². The van der Waals surface area contributed by atoms with Crippen LogP contribution in [-0.4, -0.2) is 16.9 Å². The molecule has 2 aromatic rings. The van der Waals surface area contributed by atoms with Crippen LogP contribution in [0.15, 0.2) is 18.2 Å². The van der Waals surface area contributed by atoms with Crippen molar-refractivity contribution in [3.8, 4) is 10.6 Å². The molecule has 0 spiro atoms. The SMILES string of the molecule is CCC(C)NC(=O)c1sc(-c2c(F)cccc2F)nc1C. The van der Waals surface area contributed by atoms with Gasteiger partial charge in [-0.05, 0) is 32.4 Å². The minimum atomic E-state index is -0.683. The molecule has 0 aliphatic heterocycles. The van der Waals surface area contributed by atoms with Crippen molar-refractivity contribution < 1.29 is 13.6 Å². The van der Waals surface area contributed by atoms with Crippen LogP contribution in [0.2, 0.25) is 0 Å². The zero-order valence-corrected chi connectivity index (χ0v) is 12.9. The Hall–Kier alpha value is -1.82.